The summed E-state index contributed by atoms with van der Waals surface area (Å²) in [5.41, 5.74) is -2.38. The normalized spacial score (nSPS) is 34.5. The molecule has 0 radical (unpaired) electrons. The molecular formula is C13H14F3NOS. The summed E-state index contributed by atoms with van der Waals surface area (Å²) < 4.78 is 39.0. The number of hydrogen-bond acceptors (Lipinski definition) is 3. The van der Waals surface area contributed by atoms with Gasteiger partial charge < -0.3 is 5.11 Å². The SMILES string of the molecule is OC1(c2cccnc2C(F)(F)F)CC2CCC(C1)S2. The lowest BCUT2D eigenvalue weighted by molar-refractivity contribution is -0.144. The zero-order valence-electron chi connectivity index (χ0n) is 10.2. The lowest BCUT2D eigenvalue weighted by Crippen LogP contribution is -2.36. The van der Waals surface area contributed by atoms with E-state index in [-0.39, 0.29) is 16.1 Å². The Morgan fingerprint density at radius 2 is 1.89 bits per heavy atom. The largest absolute Gasteiger partial charge is 0.433 e. The van der Waals surface area contributed by atoms with Gasteiger partial charge in [-0.3, -0.25) is 4.98 Å². The summed E-state index contributed by atoms with van der Waals surface area (Å²) in [6, 6.07) is 2.83. The van der Waals surface area contributed by atoms with E-state index in [1.807, 2.05) is 0 Å². The number of thioether (sulfide) groups is 1. The van der Waals surface area contributed by atoms with Crippen molar-refractivity contribution >= 4 is 11.8 Å². The van der Waals surface area contributed by atoms with Crippen LogP contribution in [-0.2, 0) is 11.8 Å². The van der Waals surface area contributed by atoms with Crippen LogP contribution in [0.1, 0.15) is 36.9 Å². The zero-order valence-corrected chi connectivity index (χ0v) is 11.0. The molecule has 0 spiro atoms. The van der Waals surface area contributed by atoms with Gasteiger partial charge in [-0.1, -0.05) is 6.07 Å². The number of fused-ring (bicyclic) bond motifs is 2. The molecule has 6 heteroatoms. The van der Waals surface area contributed by atoms with Crippen LogP contribution in [0.4, 0.5) is 13.2 Å². The van der Waals surface area contributed by atoms with Crippen LogP contribution in [0.2, 0.25) is 0 Å². The predicted molar refractivity (Wildman–Crippen MR) is 66.8 cm³/mol. The summed E-state index contributed by atoms with van der Waals surface area (Å²) in [5.74, 6) is 0. The molecule has 104 valence electrons. The Hall–Kier alpha value is -0.750. The van der Waals surface area contributed by atoms with Gasteiger partial charge in [-0.05, 0) is 31.7 Å². The van der Waals surface area contributed by atoms with Crippen LogP contribution < -0.4 is 0 Å². The number of aromatic nitrogens is 1. The van der Waals surface area contributed by atoms with Crippen molar-refractivity contribution in [2.24, 2.45) is 0 Å². The van der Waals surface area contributed by atoms with Gasteiger partial charge in [-0.15, -0.1) is 0 Å². The van der Waals surface area contributed by atoms with Crippen LogP contribution in [-0.4, -0.2) is 20.6 Å². The number of nitrogens with zero attached hydrogens (tertiary/aromatic N) is 1. The van der Waals surface area contributed by atoms with Gasteiger partial charge in [0.05, 0.1) is 5.60 Å². The summed E-state index contributed by atoms with van der Waals surface area (Å²) in [6.45, 7) is 0. The van der Waals surface area contributed by atoms with Crippen LogP contribution in [0.25, 0.3) is 0 Å². The molecule has 1 N–H and O–H groups in total. The van der Waals surface area contributed by atoms with Crippen molar-refractivity contribution in [3.05, 3.63) is 29.6 Å². The maximum atomic E-state index is 13.0. The molecule has 0 aliphatic carbocycles. The van der Waals surface area contributed by atoms with Gasteiger partial charge >= 0.3 is 6.18 Å². The standard InChI is InChI=1S/C13H14F3NOS/c14-13(15,16)11-10(2-1-5-17-11)12(18)6-8-3-4-9(7-12)19-8/h1-2,5,8-9,18H,3-4,6-7H2. The Morgan fingerprint density at radius 3 is 2.47 bits per heavy atom. The Kier molecular flexibility index (Phi) is 3.05. The first-order valence-corrected chi connectivity index (χ1v) is 7.23. The number of aliphatic hydroxyl groups is 1. The van der Waals surface area contributed by atoms with Gasteiger partial charge in [0.1, 0.15) is 5.69 Å². The molecule has 0 amide bonds. The average Bonchev–Trinajstić information content (AvgIpc) is 2.68. The lowest BCUT2D eigenvalue weighted by atomic mass is 9.84. The number of rotatable bonds is 1. The molecule has 3 heterocycles. The Morgan fingerprint density at radius 1 is 1.26 bits per heavy atom. The van der Waals surface area contributed by atoms with Crippen molar-refractivity contribution in [1.29, 1.82) is 0 Å². The maximum Gasteiger partial charge on any atom is 0.433 e. The van der Waals surface area contributed by atoms with Crippen molar-refractivity contribution < 1.29 is 18.3 Å². The van der Waals surface area contributed by atoms with E-state index < -0.39 is 17.5 Å². The van der Waals surface area contributed by atoms with Gasteiger partial charge in [0.2, 0.25) is 0 Å². The highest BCUT2D eigenvalue weighted by molar-refractivity contribution is 8.00. The van der Waals surface area contributed by atoms with Crippen molar-refractivity contribution in [3.63, 3.8) is 0 Å². The molecule has 19 heavy (non-hydrogen) atoms. The van der Waals surface area contributed by atoms with E-state index in [9.17, 15) is 18.3 Å². The molecule has 1 aromatic rings. The van der Waals surface area contributed by atoms with E-state index in [1.54, 1.807) is 11.8 Å². The van der Waals surface area contributed by atoms with Gasteiger partial charge in [-0.25, -0.2) is 0 Å². The van der Waals surface area contributed by atoms with Crippen molar-refractivity contribution in [3.8, 4) is 0 Å². The highest BCUT2D eigenvalue weighted by Gasteiger charge is 2.48. The fourth-order valence-electron chi connectivity index (χ4n) is 3.14. The van der Waals surface area contributed by atoms with Gasteiger partial charge in [0.15, 0.2) is 0 Å². The number of pyridine rings is 1. The molecule has 2 unspecified atom stereocenters. The Labute approximate surface area is 113 Å². The molecule has 1 aromatic heterocycles. The second-order valence-corrected chi connectivity index (χ2v) is 6.90. The third-order valence-corrected chi connectivity index (χ3v) is 5.48. The molecule has 0 saturated carbocycles. The summed E-state index contributed by atoms with van der Waals surface area (Å²) in [4.78, 5) is 3.45. The topological polar surface area (TPSA) is 33.1 Å². The smallest absolute Gasteiger partial charge is 0.385 e. The number of hydrogen-bond donors (Lipinski definition) is 1. The van der Waals surface area contributed by atoms with Crippen molar-refractivity contribution in [2.75, 3.05) is 0 Å². The molecule has 2 fully saturated rings. The zero-order chi connectivity index (χ0) is 13.7. The Balaban J connectivity index is 2.02. The van der Waals surface area contributed by atoms with E-state index in [0.29, 0.717) is 12.8 Å². The van der Waals surface area contributed by atoms with E-state index >= 15 is 0 Å². The third kappa shape index (κ3) is 2.36. The first-order chi connectivity index (χ1) is 8.88. The summed E-state index contributed by atoms with van der Waals surface area (Å²) >= 11 is 1.80. The first-order valence-electron chi connectivity index (χ1n) is 6.29. The van der Waals surface area contributed by atoms with E-state index in [2.05, 4.69) is 4.98 Å². The van der Waals surface area contributed by atoms with Crippen molar-refractivity contribution in [2.45, 2.75) is 48.0 Å². The first kappa shape index (κ1) is 13.2. The summed E-state index contributed by atoms with van der Waals surface area (Å²) in [6.07, 6.45) is -0.637. The van der Waals surface area contributed by atoms with Gasteiger partial charge in [-0.2, -0.15) is 24.9 Å². The minimum Gasteiger partial charge on any atom is -0.385 e. The maximum absolute atomic E-state index is 13.0. The van der Waals surface area contributed by atoms with Crippen LogP contribution >= 0.6 is 11.8 Å². The van der Waals surface area contributed by atoms with Gasteiger partial charge in [0, 0.05) is 22.3 Å². The van der Waals surface area contributed by atoms with E-state index in [1.165, 1.54) is 12.1 Å². The lowest BCUT2D eigenvalue weighted by Gasteiger charge is -2.37. The molecule has 2 nitrogen and oxygen atoms in total. The Bertz CT molecular complexity index is 479. The molecule has 0 aromatic carbocycles. The molecular weight excluding hydrogens is 275 g/mol. The predicted octanol–water partition coefficient (Wildman–Crippen LogP) is 3.35. The monoisotopic (exact) mass is 289 g/mol. The highest BCUT2D eigenvalue weighted by atomic mass is 32.2. The summed E-state index contributed by atoms with van der Waals surface area (Å²) in [5, 5.41) is 11.3. The van der Waals surface area contributed by atoms with Crippen LogP contribution in [0.3, 0.4) is 0 Å². The molecule has 2 saturated heterocycles. The molecule has 2 aliphatic heterocycles. The molecule has 3 rings (SSSR count). The fourth-order valence-corrected chi connectivity index (χ4v) is 4.98. The van der Waals surface area contributed by atoms with Gasteiger partial charge in [0.25, 0.3) is 0 Å². The van der Waals surface area contributed by atoms with E-state index in [4.69, 9.17) is 0 Å². The minimum atomic E-state index is -4.52. The number of halogens is 3. The van der Waals surface area contributed by atoms with Crippen LogP contribution in [0, 0.1) is 0 Å². The minimum absolute atomic E-state index is 0.0558. The molecule has 2 aliphatic rings. The number of alkyl halides is 3. The summed E-state index contributed by atoms with van der Waals surface area (Å²) in [7, 11) is 0. The third-order valence-electron chi connectivity index (χ3n) is 3.90. The average molecular weight is 289 g/mol. The molecule has 2 atom stereocenters. The molecule has 2 bridgehead atoms. The van der Waals surface area contributed by atoms with E-state index in [0.717, 1.165) is 19.0 Å². The quantitative estimate of drug-likeness (QED) is 0.860. The highest BCUT2D eigenvalue weighted by Crippen LogP contribution is 2.52. The fraction of sp³-hybridized carbons (Fsp3) is 0.615. The second-order valence-electron chi connectivity index (χ2n) is 5.29. The van der Waals surface area contributed by atoms with Crippen LogP contribution in [0.15, 0.2) is 18.3 Å². The van der Waals surface area contributed by atoms with Crippen LogP contribution in [0.5, 0.6) is 0 Å². The second kappa shape index (κ2) is 4.38. The van der Waals surface area contributed by atoms with Crippen molar-refractivity contribution in [1.82, 2.24) is 4.98 Å².